The van der Waals surface area contributed by atoms with Crippen molar-refractivity contribution in [3.8, 4) is 11.4 Å². The van der Waals surface area contributed by atoms with Gasteiger partial charge < -0.3 is 0 Å². The molecule has 76 valence electrons. The molecule has 2 aromatic rings. The van der Waals surface area contributed by atoms with Crippen LogP contribution in [0, 0.1) is 0 Å². The van der Waals surface area contributed by atoms with Gasteiger partial charge in [-0.3, -0.25) is 0 Å². The van der Waals surface area contributed by atoms with Crippen molar-refractivity contribution in [3.05, 3.63) is 28.7 Å². The van der Waals surface area contributed by atoms with E-state index < -0.39 is 0 Å². The molecule has 6 heteroatoms. The Hall–Kier alpha value is -1.01. The van der Waals surface area contributed by atoms with Crippen LogP contribution in [0.4, 0.5) is 0 Å². The largest absolute Gasteiger partial charge is 0.229 e. The Morgan fingerprint density at radius 3 is 2.13 bits per heavy atom. The lowest BCUT2D eigenvalue weighted by atomic mass is 10.2. The third kappa shape index (κ3) is 2.51. The van der Waals surface area contributed by atoms with Crippen molar-refractivity contribution in [1.82, 2.24) is 20.4 Å². The Bertz CT molecular complexity index is 443. The van der Waals surface area contributed by atoms with Crippen molar-refractivity contribution in [1.29, 1.82) is 0 Å². The van der Waals surface area contributed by atoms with Gasteiger partial charge in [0.05, 0.1) is 0 Å². The van der Waals surface area contributed by atoms with E-state index in [0.717, 1.165) is 10.0 Å². The van der Waals surface area contributed by atoms with Gasteiger partial charge in [-0.25, -0.2) is 0 Å². The van der Waals surface area contributed by atoms with Crippen LogP contribution in [-0.4, -0.2) is 26.7 Å². The van der Waals surface area contributed by atoms with E-state index in [-0.39, 0.29) is 0 Å². The van der Waals surface area contributed by atoms with Gasteiger partial charge in [-0.05, 0) is 30.5 Å². The lowest BCUT2D eigenvalue weighted by Gasteiger charge is -1.98. The summed E-state index contributed by atoms with van der Waals surface area (Å²) < 4.78 is 1.02. The number of hydrogen-bond donors (Lipinski definition) is 0. The summed E-state index contributed by atoms with van der Waals surface area (Å²) in [5.74, 6) is 0.542. The number of thioether (sulfide) groups is 1. The maximum atomic E-state index is 3.99. The zero-order valence-electron chi connectivity index (χ0n) is 7.88. The minimum atomic E-state index is 0.542. The first-order valence-corrected chi connectivity index (χ1v) is 6.18. The third-order valence-electron chi connectivity index (χ3n) is 1.75. The second-order valence-corrected chi connectivity index (χ2v) is 4.41. The molecule has 1 aromatic heterocycles. The third-order valence-corrected chi connectivity index (χ3v) is 2.80. The molecule has 0 saturated heterocycles. The Labute approximate surface area is 99.7 Å². The van der Waals surface area contributed by atoms with Crippen LogP contribution >= 0.6 is 27.7 Å². The van der Waals surface area contributed by atoms with Gasteiger partial charge in [0.15, 0.2) is 0 Å². The molecule has 0 unspecified atom stereocenters. The lowest BCUT2D eigenvalue weighted by molar-refractivity contribution is 0.755. The first kappa shape index (κ1) is 10.5. The minimum Gasteiger partial charge on any atom is -0.125 e. The quantitative estimate of drug-likeness (QED) is 0.792. The topological polar surface area (TPSA) is 51.6 Å². The van der Waals surface area contributed by atoms with Gasteiger partial charge in [0.1, 0.15) is 0 Å². The monoisotopic (exact) mass is 282 g/mol. The molecule has 0 N–H and O–H groups in total. The Kier molecular flexibility index (Phi) is 3.27. The van der Waals surface area contributed by atoms with Crippen LogP contribution in [0.15, 0.2) is 33.9 Å². The molecule has 0 atom stereocenters. The van der Waals surface area contributed by atoms with Gasteiger partial charge in [0.2, 0.25) is 11.0 Å². The molecule has 0 spiro atoms. The highest BCUT2D eigenvalue weighted by molar-refractivity contribution is 9.10. The summed E-state index contributed by atoms with van der Waals surface area (Å²) in [5, 5.41) is 16.4. The van der Waals surface area contributed by atoms with E-state index in [1.54, 1.807) is 0 Å². The molecule has 0 aliphatic carbocycles. The standard InChI is InChI=1S/C9H7BrN4S/c1-15-9-13-11-8(12-14-9)6-2-4-7(10)5-3-6/h2-5H,1H3. The molecule has 0 aliphatic rings. The molecule has 15 heavy (non-hydrogen) atoms. The van der Waals surface area contributed by atoms with E-state index in [9.17, 15) is 0 Å². The fourth-order valence-electron chi connectivity index (χ4n) is 1.02. The van der Waals surface area contributed by atoms with Gasteiger partial charge in [-0.2, -0.15) is 0 Å². The highest BCUT2D eigenvalue weighted by Gasteiger charge is 2.03. The predicted molar refractivity (Wildman–Crippen MR) is 62.5 cm³/mol. The first-order valence-electron chi connectivity index (χ1n) is 4.17. The maximum Gasteiger partial charge on any atom is 0.229 e. The molecule has 4 nitrogen and oxygen atoms in total. The summed E-state index contributed by atoms with van der Waals surface area (Å²) >= 11 is 4.79. The van der Waals surface area contributed by atoms with Crippen molar-refractivity contribution in [3.63, 3.8) is 0 Å². The minimum absolute atomic E-state index is 0.542. The van der Waals surface area contributed by atoms with Crippen LogP contribution in [0.1, 0.15) is 0 Å². The smallest absolute Gasteiger partial charge is 0.125 e. The second-order valence-electron chi connectivity index (χ2n) is 2.72. The van der Waals surface area contributed by atoms with E-state index in [0.29, 0.717) is 11.0 Å². The SMILES string of the molecule is CSc1nnc(-c2ccc(Br)cc2)nn1. The maximum absolute atomic E-state index is 3.99. The molecule has 1 aromatic carbocycles. The van der Waals surface area contributed by atoms with E-state index >= 15 is 0 Å². The summed E-state index contributed by atoms with van der Waals surface area (Å²) in [6.45, 7) is 0. The lowest BCUT2D eigenvalue weighted by Crippen LogP contribution is -1.97. The van der Waals surface area contributed by atoms with Gasteiger partial charge in [-0.1, -0.05) is 27.7 Å². The normalized spacial score (nSPS) is 10.3. The molecule has 0 aliphatic heterocycles. The molecule has 0 bridgehead atoms. The summed E-state index contributed by atoms with van der Waals surface area (Å²) in [5.41, 5.74) is 0.908. The van der Waals surface area contributed by atoms with Crippen LogP contribution in [-0.2, 0) is 0 Å². The van der Waals surface area contributed by atoms with Crippen molar-refractivity contribution in [2.75, 3.05) is 6.26 Å². The molecular weight excluding hydrogens is 276 g/mol. The number of benzene rings is 1. The summed E-state index contributed by atoms with van der Waals surface area (Å²) in [6.07, 6.45) is 1.89. The zero-order valence-corrected chi connectivity index (χ0v) is 10.3. The van der Waals surface area contributed by atoms with Gasteiger partial charge >= 0.3 is 0 Å². The van der Waals surface area contributed by atoms with Gasteiger partial charge in [-0.15, -0.1) is 20.4 Å². The summed E-state index contributed by atoms with van der Waals surface area (Å²) in [7, 11) is 0. The van der Waals surface area contributed by atoms with E-state index in [4.69, 9.17) is 0 Å². The summed E-state index contributed by atoms with van der Waals surface area (Å²) in [4.78, 5) is 0. The molecule has 0 radical (unpaired) electrons. The van der Waals surface area contributed by atoms with Gasteiger partial charge in [0.25, 0.3) is 0 Å². The van der Waals surface area contributed by atoms with E-state index in [1.165, 1.54) is 11.8 Å². The van der Waals surface area contributed by atoms with E-state index in [1.807, 2.05) is 30.5 Å². The molecule has 1 heterocycles. The zero-order chi connectivity index (χ0) is 10.7. The van der Waals surface area contributed by atoms with Gasteiger partial charge in [0, 0.05) is 10.0 Å². The molecule has 0 amide bonds. The molecule has 2 rings (SSSR count). The average Bonchev–Trinajstić information content (AvgIpc) is 2.30. The van der Waals surface area contributed by atoms with E-state index in [2.05, 4.69) is 36.3 Å². The van der Waals surface area contributed by atoms with Crippen LogP contribution < -0.4 is 0 Å². The number of rotatable bonds is 2. The van der Waals surface area contributed by atoms with Crippen molar-refractivity contribution >= 4 is 27.7 Å². The van der Waals surface area contributed by atoms with Crippen LogP contribution in [0.25, 0.3) is 11.4 Å². The Morgan fingerprint density at radius 1 is 1.00 bits per heavy atom. The fourth-order valence-corrected chi connectivity index (χ4v) is 1.53. The molecular formula is C9H7BrN4S. The predicted octanol–water partition coefficient (Wildman–Crippen LogP) is 2.42. The Morgan fingerprint density at radius 2 is 1.60 bits per heavy atom. The second kappa shape index (κ2) is 4.67. The number of nitrogens with zero attached hydrogens (tertiary/aromatic N) is 4. The van der Waals surface area contributed by atoms with Crippen LogP contribution in [0.5, 0.6) is 0 Å². The molecule has 0 saturated carbocycles. The molecule has 0 fully saturated rings. The average molecular weight is 283 g/mol. The van der Waals surface area contributed by atoms with Crippen molar-refractivity contribution in [2.24, 2.45) is 0 Å². The highest BCUT2D eigenvalue weighted by Crippen LogP contribution is 2.17. The highest BCUT2D eigenvalue weighted by atomic mass is 79.9. The van der Waals surface area contributed by atoms with Crippen LogP contribution in [0.2, 0.25) is 0 Å². The van der Waals surface area contributed by atoms with Crippen molar-refractivity contribution in [2.45, 2.75) is 5.16 Å². The number of hydrogen-bond acceptors (Lipinski definition) is 5. The number of aromatic nitrogens is 4. The number of halogens is 1. The van der Waals surface area contributed by atoms with Crippen LogP contribution in [0.3, 0.4) is 0 Å². The first-order chi connectivity index (χ1) is 7.29. The fraction of sp³-hybridized carbons (Fsp3) is 0.111. The Balaban J connectivity index is 2.33. The van der Waals surface area contributed by atoms with Crippen molar-refractivity contribution < 1.29 is 0 Å². The summed E-state index contributed by atoms with van der Waals surface area (Å²) in [6, 6.07) is 7.70.